The third-order valence-corrected chi connectivity index (χ3v) is 5.17. The van der Waals surface area contributed by atoms with Crippen LogP contribution in [0.4, 0.5) is 0 Å². The predicted octanol–water partition coefficient (Wildman–Crippen LogP) is 2.40. The highest BCUT2D eigenvalue weighted by atomic mass is 32.1. The molecule has 1 aliphatic rings. The standard InChI is InChI=1S/C16H20N6S/c1-2-14-19-15-6-5-12(10-22(15)21-14)17-8-11-9-18-20-16(11)13-4-3-7-23-13/h3-4,7,9,12,17H,2,5-6,8,10H2,1H3,(H,18,20). The van der Waals surface area contributed by atoms with Crippen molar-refractivity contribution in [1.82, 2.24) is 30.3 Å². The molecule has 1 aliphatic heterocycles. The summed E-state index contributed by atoms with van der Waals surface area (Å²) < 4.78 is 2.07. The minimum atomic E-state index is 0.431. The molecule has 0 saturated heterocycles. The molecule has 0 bridgehead atoms. The fraction of sp³-hybridized carbons (Fsp3) is 0.438. The van der Waals surface area contributed by atoms with E-state index in [-0.39, 0.29) is 0 Å². The number of hydrogen-bond acceptors (Lipinski definition) is 5. The van der Waals surface area contributed by atoms with E-state index in [9.17, 15) is 0 Å². The highest BCUT2D eigenvalue weighted by Crippen LogP contribution is 2.26. The zero-order valence-electron chi connectivity index (χ0n) is 13.1. The SMILES string of the molecule is CCc1nc2n(n1)CC(NCc1cn[nH]c1-c1cccs1)CC2. The van der Waals surface area contributed by atoms with Gasteiger partial charge >= 0.3 is 0 Å². The van der Waals surface area contributed by atoms with Crippen LogP contribution in [0.25, 0.3) is 10.6 Å². The van der Waals surface area contributed by atoms with Crippen LogP contribution in [0, 0.1) is 0 Å². The van der Waals surface area contributed by atoms with Crippen molar-refractivity contribution in [3.8, 4) is 10.6 Å². The van der Waals surface area contributed by atoms with Crippen molar-refractivity contribution in [3.63, 3.8) is 0 Å². The minimum absolute atomic E-state index is 0.431. The molecule has 0 aromatic carbocycles. The molecule has 1 unspecified atom stereocenters. The summed E-state index contributed by atoms with van der Waals surface area (Å²) in [6, 6.07) is 4.62. The van der Waals surface area contributed by atoms with Gasteiger partial charge in [-0.2, -0.15) is 10.2 Å². The molecule has 0 saturated carbocycles. The number of aryl methyl sites for hydroxylation is 2. The third-order valence-electron chi connectivity index (χ3n) is 4.28. The monoisotopic (exact) mass is 328 g/mol. The molecule has 4 rings (SSSR count). The molecule has 7 heteroatoms. The molecule has 0 fully saturated rings. The van der Waals surface area contributed by atoms with Gasteiger partial charge in [-0.15, -0.1) is 11.3 Å². The fourth-order valence-electron chi connectivity index (χ4n) is 3.01. The Labute approximate surface area is 139 Å². The van der Waals surface area contributed by atoms with Gasteiger partial charge in [0.25, 0.3) is 0 Å². The molecule has 3 aromatic rings. The maximum atomic E-state index is 4.57. The summed E-state index contributed by atoms with van der Waals surface area (Å²) in [5.41, 5.74) is 2.34. The summed E-state index contributed by atoms with van der Waals surface area (Å²) in [5.74, 6) is 2.08. The average Bonchev–Trinajstić information content (AvgIpc) is 3.30. The fourth-order valence-corrected chi connectivity index (χ4v) is 3.77. The van der Waals surface area contributed by atoms with Crippen LogP contribution in [0.5, 0.6) is 0 Å². The number of aromatic amines is 1. The summed E-state index contributed by atoms with van der Waals surface area (Å²) in [6.07, 6.45) is 4.92. The van der Waals surface area contributed by atoms with Crippen molar-refractivity contribution in [2.75, 3.05) is 0 Å². The van der Waals surface area contributed by atoms with E-state index in [2.05, 4.69) is 54.7 Å². The quantitative estimate of drug-likeness (QED) is 0.754. The normalized spacial score (nSPS) is 17.3. The van der Waals surface area contributed by atoms with Crippen molar-refractivity contribution in [2.45, 2.75) is 45.3 Å². The lowest BCUT2D eigenvalue weighted by molar-refractivity contribution is 0.357. The van der Waals surface area contributed by atoms with Crippen LogP contribution in [0.1, 0.15) is 30.6 Å². The Bertz CT molecular complexity index is 772. The largest absolute Gasteiger partial charge is 0.308 e. The summed E-state index contributed by atoms with van der Waals surface area (Å²) in [5, 5.41) is 17.6. The first-order chi connectivity index (χ1) is 11.3. The van der Waals surface area contributed by atoms with Gasteiger partial charge in [0.05, 0.1) is 23.3 Å². The Kier molecular flexibility index (Phi) is 3.97. The number of hydrogen-bond donors (Lipinski definition) is 2. The van der Waals surface area contributed by atoms with E-state index < -0.39 is 0 Å². The van der Waals surface area contributed by atoms with Gasteiger partial charge in [0.2, 0.25) is 0 Å². The van der Waals surface area contributed by atoms with Gasteiger partial charge in [0.1, 0.15) is 5.82 Å². The number of rotatable bonds is 5. The van der Waals surface area contributed by atoms with Gasteiger partial charge in [-0.05, 0) is 17.9 Å². The van der Waals surface area contributed by atoms with Gasteiger partial charge in [0.15, 0.2) is 5.82 Å². The first-order valence-corrected chi connectivity index (χ1v) is 8.93. The van der Waals surface area contributed by atoms with Gasteiger partial charge in [-0.1, -0.05) is 13.0 Å². The smallest absolute Gasteiger partial charge is 0.150 e. The first-order valence-electron chi connectivity index (χ1n) is 8.05. The lowest BCUT2D eigenvalue weighted by Gasteiger charge is -2.23. The number of nitrogens with one attached hydrogen (secondary N) is 2. The van der Waals surface area contributed by atoms with Crippen LogP contribution in [-0.4, -0.2) is 31.0 Å². The third kappa shape index (κ3) is 2.94. The summed E-state index contributed by atoms with van der Waals surface area (Å²) in [6.45, 7) is 3.82. The number of thiophene rings is 1. The Morgan fingerprint density at radius 1 is 1.48 bits per heavy atom. The Morgan fingerprint density at radius 2 is 2.43 bits per heavy atom. The summed E-state index contributed by atoms with van der Waals surface area (Å²) in [7, 11) is 0. The number of aromatic nitrogens is 5. The van der Waals surface area contributed by atoms with Crippen LogP contribution in [0.2, 0.25) is 0 Å². The Balaban J connectivity index is 1.42. The molecule has 4 heterocycles. The second-order valence-corrected chi connectivity index (χ2v) is 6.79. The average molecular weight is 328 g/mol. The molecule has 0 amide bonds. The van der Waals surface area contributed by atoms with Gasteiger partial charge in [-0.3, -0.25) is 5.10 Å². The molecular formula is C16H20N6S. The van der Waals surface area contributed by atoms with Crippen LogP contribution in [-0.2, 0) is 25.9 Å². The molecule has 2 N–H and O–H groups in total. The highest BCUT2D eigenvalue weighted by Gasteiger charge is 2.21. The second kappa shape index (κ2) is 6.25. The van der Waals surface area contributed by atoms with Gasteiger partial charge < -0.3 is 5.32 Å². The van der Waals surface area contributed by atoms with Crippen LogP contribution >= 0.6 is 11.3 Å². The van der Waals surface area contributed by atoms with E-state index >= 15 is 0 Å². The van der Waals surface area contributed by atoms with Crippen molar-refractivity contribution in [2.24, 2.45) is 0 Å². The maximum absolute atomic E-state index is 4.57. The first kappa shape index (κ1) is 14.6. The van der Waals surface area contributed by atoms with E-state index in [0.29, 0.717) is 6.04 Å². The highest BCUT2D eigenvalue weighted by molar-refractivity contribution is 7.13. The maximum Gasteiger partial charge on any atom is 0.150 e. The molecule has 1 atom stereocenters. The molecule has 0 aliphatic carbocycles. The Hall–Kier alpha value is -1.99. The number of fused-ring (bicyclic) bond motifs is 1. The topological polar surface area (TPSA) is 71.4 Å². The Morgan fingerprint density at radius 3 is 3.26 bits per heavy atom. The zero-order valence-corrected chi connectivity index (χ0v) is 13.9. The predicted molar refractivity (Wildman–Crippen MR) is 90.2 cm³/mol. The summed E-state index contributed by atoms with van der Waals surface area (Å²) >= 11 is 1.73. The van der Waals surface area contributed by atoms with Crippen molar-refractivity contribution < 1.29 is 0 Å². The van der Waals surface area contributed by atoms with Gasteiger partial charge in [0, 0.05) is 31.0 Å². The van der Waals surface area contributed by atoms with Crippen LogP contribution < -0.4 is 5.32 Å². The summed E-state index contributed by atoms with van der Waals surface area (Å²) in [4.78, 5) is 5.80. The molecule has 23 heavy (non-hydrogen) atoms. The van der Waals surface area contributed by atoms with Gasteiger partial charge in [-0.25, -0.2) is 9.67 Å². The van der Waals surface area contributed by atoms with Crippen LogP contribution in [0.15, 0.2) is 23.7 Å². The van der Waals surface area contributed by atoms with Crippen LogP contribution in [0.3, 0.4) is 0 Å². The van der Waals surface area contributed by atoms with Crippen molar-refractivity contribution >= 4 is 11.3 Å². The van der Waals surface area contributed by atoms with E-state index in [1.807, 2.05) is 6.20 Å². The number of nitrogens with zero attached hydrogens (tertiary/aromatic N) is 4. The zero-order chi connectivity index (χ0) is 15.6. The van der Waals surface area contributed by atoms with E-state index in [0.717, 1.165) is 49.7 Å². The van der Waals surface area contributed by atoms with Crippen molar-refractivity contribution in [3.05, 3.63) is 40.9 Å². The molecule has 3 aromatic heterocycles. The number of H-pyrrole nitrogens is 1. The molecule has 6 nitrogen and oxygen atoms in total. The lowest BCUT2D eigenvalue weighted by Crippen LogP contribution is -2.37. The molecule has 120 valence electrons. The molecule has 0 radical (unpaired) electrons. The van der Waals surface area contributed by atoms with E-state index in [4.69, 9.17) is 0 Å². The van der Waals surface area contributed by atoms with E-state index in [1.54, 1.807) is 11.3 Å². The van der Waals surface area contributed by atoms with E-state index in [1.165, 1.54) is 10.4 Å². The molecule has 0 spiro atoms. The van der Waals surface area contributed by atoms with Crippen molar-refractivity contribution in [1.29, 1.82) is 0 Å². The second-order valence-electron chi connectivity index (χ2n) is 5.84. The minimum Gasteiger partial charge on any atom is -0.308 e. The lowest BCUT2D eigenvalue weighted by atomic mass is 10.1. The molecular weight excluding hydrogens is 308 g/mol.